The Balaban J connectivity index is 2.39. The molecule has 0 aliphatic rings. The van der Waals surface area contributed by atoms with E-state index in [-0.39, 0.29) is 11.7 Å². The van der Waals surface area contributed by atoms with Gasteiger partial charge in [-0.1, -0.05) is 0 Å². The van der Waals surface area contributed by atoms with E-state index in [0.717, 1.165) is 6.20 Å². The maximum Gasteiger partial charge on any atom is 0.373 e. The number of oxazole rings is 2. The first kappa shape index (κ1) is 7.53. The normalized spacial score (nSPS) is 10.2. The summed E-state index contributed by atoms with van der Waals surface area (Å²) in [5.41, 5.74) is 0. The van der Waals surface area contributed by atoms with Crippen LogP contribution in [0.15, 0.2) is 27.6 Å². The van der Waals surface area contributed by atoms with Crippen molar-refractivity contribution in [3.8, 4) is 11.7 Å². The molecule has 0 bridgehead atoms. The molecule has 66 valence electrons. The molecule has 2 aromatic heterocycles. The average molecular weight is 180 g/mol. The van der Waals surface area contributed by atoms with Crippen molar-refractivity contribution in [2.75, 3.05) is 0 Å². The summed E-state index contributed by atoms with van der Waals surface area (Å²) in [4.78, 5) is 17.7. The van der Waals surface area contributed by atoms with Gasteiger partial charge in [-0.05, 0) is 0 Å². The van der Waals surface area contributed by atoms with Gasteiger partial charge in [0.2, 0.25) is 11.5 Å². The summed E-state index contributed by atoms with van der Waals surface area (Å²) in [6.45, 7) is 0. The van der Waals surface area contributed by atoms with Crippen LogP contribution in [0.3, 0.4) is 0 Å². The number of carboxylic acids is 1. The van der Waals surface area contributed by atoms with Crippen LogP contribution in [0.2, 0.25) is 0 Å². The molecule has 0 spiro atoms. The first-order valence-electron chi connectivity index (χ1n) is 3.35. The third kappa shape index (κ3) is 1.28. The molecule has 6 heteroatoms. The maximum absolute atomic E-state index is 10.4. The molecule has 2 aromatic rings. The minimum Gasteiger partial charge on any atom is -0.475 e. The van der Waals surface area contributed by atoms with Gasteiger partial charge in [0.05, 0.1) is 12.4 Å². The molecule has 0 unspecified atom stereocenters. The highest BCUT2D eigenvalue weighted by Gasteiger charge is 2.13. The highest BCUT2D eigenvalue weighted by Crippen LogP contribution is 2.17. The molecule has 0 radical (unpaired) electrons. The van der Waals surface area contributed by atoms with Gasteiger partial charge in [-0.15, -0.1) is 0 Å². The molecule has 2 rings (SSSR count). The molecule has 0 fully saturated rings. The fraction of sp³-hybridized carbons (Fsp3) is 0. The molecule has 2 heterocycles. The number of nitrogens with zero attached hydrogens (tertiary/aromatic N) is 2. The van der Waals surface area contributed by atoms with Gasteiger partial charge < -0.3 is 13.9 Å². The number of aromatic carboxylic acids is 1. The van der Waals surface area contributed by atoms with Crippen LogP contribution in [-0.4, -0.2) is 21.0 Å². The van der Waals surface area contributed by atoms with Crippen molar-refractivity contribution in [3.05, 3.63) is 24.5 Å². The molecule has 6 nitrogen and oxygen atoms in total. The Morgan fingerprint density at radius 1 is 1.46 bits per heavy atom. The first-order valence-corrected chi connectivity index (χ1v) is 3.35. The van der Waals surface area contributed by atoms with Gasteiger partial charge in [-0.3, -0.25) is 0 Å². The lowest BCUT2D eigenvalue weighted by molar-refractivity contribution is 0.0663. The standard InChI is InChI=1S/C7H4N2O4/c10-7(11)5-2-9-6(13-5)4-1-8-3-12-4/h1-3H,(H,10,11). The van der Waals surface area contributed by atoms with Crippen molar-refractivity contribution in [1.29, 1.82) is 0 Å². The summed E-state index contributed by atoms with van der Waals surface area (Å²) in [5.74, 6) is -0.993. The second kappa shape index (κ2) is 2.74. The number of hydrogen-bond donors (Lipinski definition) is 1. The van der Waals surface area contributed by atoms with E-state index in [2.05, 4.69) is 9.97 Å². The second-order valence-corrected chi connectivity index (χ2v) is 2.20. The Hall–Kier alpha value is -2.11. The zero-order valence-corrected chi connectivity index (χ0v) is 6.30. The van der Waals surface area contributed by atoms with E-state index in [1.165, 1.54) is 12.6 Å². The van der Waals surface area contributed by atoms with Crippen molar-refractivity contribution >= 4 is 5.97 Å². The highest BCUT2D eigenvalue weighted by atomic mass is 16.4. The Labute approximate surface area is 71.8 Å². The van der Waals surface area contributed by atoms with Crippen molar-refractivity contribution in [2.45, 2.75) is 0 Å². The van der Waals surface area contributed by atoms with Gasteiger partial charge in [0.25, 0.3) is 5.89 Å². The molecule has 0 aromatic carbocycles. The molecule has 0 aliphatic carbocycles. The third-order valence-electron chi connectivity index (χ3n) is 1.36. The second-order valence-electron chi connectivity index (χ2n) is 2.20. The SMILES string of the molecule is O=C(O)c1cnc(-c2cnco2)o1. The van der Waals surface area contributed by atoms with E-state index in [0.29, 0.717) is 5.76 Å². The van der Waals surface area contributed by atoms with Crippen LogP contribution >= 0.6 is 0 Å². The van der Waals surface area contributed by atoms with E-state index >= 15 is 0 Å². The lowest BCUT2D eigenvalue weighted by atomic mass is 10.5. The van der Waals surface area contributed by atoms with Gasteiger partial charge in [0.1, 0.15) is 0 Å². The lowest BCUT2D eigenvalue weighted by Gasteiger charge is -1.84. The fourth-order valence-electron chi connectivity index (χ4n) is 0.808. The van der Waals surface area contributed by atoms with Crippen LogP contribution in [-0.2, 0) is 0 Å². The lowest BCUT2D eigenvalue weighted by Crippen LogP contribution is -1.91. The van der Waals surface area contributed by atoms with Crippen molar-refractivity contribution in [2.24, 2.45) is 0 Å². The summed E-state index contributed by atoms with van der Waals surface area (Å²) < 4.78 is 9.70. The zero-order chi connectivity index (χ0) is 9.26. The minimum atomic E-state index is -1.17. The molecular weight excluding hydrogens is 176 g/mol. The van der Waals surface area contributed by atoms with E-state index in [1.807, 2.05) is 0 Å². The Bertz CT molecular complexity index is 417. The molecule has 0 saturated carbocycles. The summed E-state index contributed by atoms with van der Waals surface area (Å²) in [6.07, 6.45) is 3.71. The van der Waals surface area contributed by atoms with Crippen LogP contribution in [0.5, 0.6) is 0 Å². The molecule has 0 aliphatic heterocycles. The minimum absolute atomic E-state index is 0.106. The molecule has 13 heavy (non-hydrogen) atoms. The van der Waals surface area contributed by atoms with Crippen LogP contribution < -0.4 is 0 Å². The first-order chi connectivity index (χ1) is 6.27. The van der Waals surface area contributed by atoms with Gasteiger partial charge in [0.15, 0.2) is 6.39 Å². The Morgan fingerprint density at radius 2 is 2.31 bits per heavy atom. The highest BCUT2D eigenvalue weighted by molar-refractivity contribution is 5.84. The van der Waals surface area contributed by atoms with Gasteiger partial charge in [-0.25, -0.2) is 14.8 Å². The van der Waals surface area contributed by atoms with E-state index < -0.39 is 5.97 Å². The van der Waals surface area contributed by atoms with Gasteiger partial charge >= 0.3 is 5.97 Å². The maximum atomic E-state index is 10.4. The van der Waals surface area contributed by atoms with Crippen LogP contribution in [0.1, 0.15) is 10.6 Å². The van der Waals surface area contributed by atoms with Gasteiger partial charge in [0, 0.05) is 0 Å². The summed E-state index contributed by atoms with van der Waals surface area (Å²) in [6, 6.07) is 0. The Morgan fingerprint density at radius 3 is 2.85 bits per heavy atom. The molecular formula is C7H4N2O4. The van der Waals surface area contributed by atoms with Gasteiger partial charge in [-0.2, -0.15) is 0 Å². The van der Waals surface area contributed by atoms with Crippen LogP contribution in [0, 0.1) is 0 Å². The monoisotopic (exact) mass is 180 g/mol. The van der Waals surface area contributed by atoms with Crippen molar-refractivity contribution in [1.82, 2.24) is 9.97 Å². The molecule has 1 N–H and O–H groups in total. The van der Waals surface area contributed by atoms with Crippen molar-refractivity contribution in [3.63, 3.8) is 0 Å². The summed E-state index contributed by atoms with van der Waals surface area (Å²) in [7, 11) is 0. The molecule has 0 amide bonds. The number of carboxylic acid groups (broad SMARTS) is 1. The largest absolute Gasteiger partial charge is 0.475 e. The van der Waals surface area contributed by atoms with E-state index in [1.54, 1.807) is 0 Å². The quantitative estimate of drug-likeness (QED) is 0.742. The fourth-order valence-corrected chi connectivity index (χ4v) is 0.808. The average Bonchev–Trinajstić information content (AvgIpc) is 2.75. The molecule has 0 atom stereocenters. The van der Waals surface area contributed by atoms with E-state index in [9.17, 15) is 4.79 Å². The summed E-state index contributed by atoms with van der Waals surface area (Å²) in [5, 5.41) is 8.52. The number of aromatic nitrogens is 2. The van der Waals surface area contributed by atoms with Crippen LogP contribution in [0.25, 0.3) is 11.7 Å². The van der Waals surface area contributed by atoms with Crippen LogP contribution in [0.4, 0.5) is 0 Å². The smallest absolute Gasteiger partial charge is 0.373 e. The predicted molar refractivity (Wildman–Crippen MR) is 39.0 cm³/mol. The molecule has 0 saturated heterocycles. The number of rotatable bonds is 2. The Kier molecular flexibility index (Phi) is 1.59. The zero-order valence-electron chi connectivity index (χ0n) is 6.30. The summed E-state index contributed by atoms with van der Waals surface area (Å²) >= 11 is 0. The number of hydrogen-bond acceptors (Lipinski definition) is 5. The number of carbonyl (C=O) groups is 1. The predicted octanol–water partition coefficient (Wildman–Crippen LogP) is 1.03. The van der Waals surface area contributed by atoms with Crippen molar-refractivity contribution < 1.29 is 18.7 Å². The topological polar surface area (TPSA) is 89.4 Å². The third-order valence-corrected chi connectivity index (χ3v) is 1.36. The van der Waals surface area contributed by atoms with E-state index in [4.69, 9.17) is 13.9 Å².